The summed E-state index contributed by atoms with van der Waals surface area (Å²) in [7, 11) is 0. The molecule has 1 unspecified atom stereocenters. The summed E-state index contributed by atoms with van der Waals surface area (Å²) in [5.41, 5.74) is 1.40. The fraction of sp³-hybridized carbons (Fsp3) is 0.750. The molecule has 0 saturated carbocycles. The molecule has 108 valence electrons. The van der Waals surface area contributed by atoms with Crippen molar-refractivity contribution in [3.63, 3.8) is 0 Å². The minimum absolute atomic E-state index is 0.526. The van der Waals surface area contributed by atoms with Gasteiger partial charge in [-0.3, -0.25) is 0 Å². The van der Waals surface area contributed by atoms with Gasteiger partial charge in [0.1, 0.15) is 0 Å². The predicted octanol–water partition coefficient (Wildman–Crippen LogP) is 3.19. The summed E-state index contributed by atoms with van der Waals surface area (Å²) in [6.07, 6.45) is 7.65. The number of aryl methyl sites for hydroxylation is 1. The summed E-state index contributed by atoms with van der Waals surface area (Å²) in [5.74, 6) is 0.711. The molecule has 2 heterocycles. The van der Waals surface area contributed by atoms with Gasteiger partial charge in [-0.25, -0.2) is 0 Å². The predicted molar refractivity (Wildman–Crippen MR) is 79.2 cm³/mol. The number of nitrogens with one attached hydrogen (secondary N) is 1. The van der Waals surface area contributed by atoms with Crippen LogP contribution >= 0.6 is 0 Å². The third-order valence-electron chi connectivity index (χ3n) is 3.73. The monoisotopic (exact) mass is 264 g/mol. The zero-order chi connectivity index (χ0) is 13.5. The van der Waals surface area contributed by atoms with Gasteiger partial charge in [0.15, 0.2) is 0 Å². The number of hydrogen-bond acceptors (Lipinski definition) is 2. The van der Waals surface area contributed by atoms with Crippen molar-refractivity contribution in [1.29, 1.82) is 0 Å². The number of aromatic nitrogens is 1. The van der Waals surface area contributed by atoms with Crippen LogP contribution in [0.3, 0.4) is 0 Å². The molecule has 1 saturated heterocycles. The summed E-state index contributed by atoms with van der Waals surface area (Å²) in [6, 6.07) is 4.37. The van der Waals surface area contributed by atoms with Gasteiger partial charge in [-0.1, -0.05) is 13.8 Å². The number of nitrogens with zero attached hydrogens (tertiary/aromatic N) is 1. The van der Waals surface area contributed by atoms with Gasteiger partial charge in [-0.15, -0.1) is 0 Å². The van der Waals surface area contributed by atoms with Crippen molar-refractivity contribution < 1.29 is 4.74 Å². The van der Waals surface area contributed by atoms with Crippen molar-refractivity contribution in [2.24, 2.45) is 5.92 Å². The fourth-order valence-corrected chi connectivity index (χ4v) is 2.68. The van der Waals surface area contributed by atoms with E-state index in [1.54, 1.807) is 0 Å². The molecule has 0 radical (unpaired) electrons. The van der Waals surface area contributed by atoms with E-state index < -0.39 is 0 Å². The van der Waals surface area contributed by atoms with E-state index in [0.717, 1.165) is 26.2 Å². The van der Waals surface area contributed by atoms with E-state index in [9.17, 15) is 0 Å². The molecular weight excluding hydrogens is 236 g/mol. The van der Waals surface area contributed by atoms with Crippen molar-refractivity contribution in [2.45, 2.75) is 58.7 Å². The highest BCUT2D eigenvalue weighted by molar-refractivity contribution is 5.06. The lowest BCUT2D eigenvalue weighted by Crippen LogP contribution is -2.21. The van der Waals surface area contributed by atoms with E-state index in [2.05, 4.69) is 42.1 Å². The van der Waals surface area contributed by atoms with Gasteiger partial charge < -0.3 is 14.6 Å². The van der Waals surface area contributed by atoms with Crippen LogP contribution in [0.4, 0.5) is 0 Å². The van der Waals surface area contributed by atoms with Crippen LogP contribution < -0.4 is 5.32 Å². The van der Waals surface area contributed by atoms with Gasteiger partial charge in [-0.05, 0) is 50.3 Å². The molecule has 0 bridgehead atoms. The van der Waals surface area contributed by atoms with E-state index in [4.69, 9.17) is 4.74 Å². The second-order valence-electron chi connectivity index (χ2n) is 5.99. The Morgan fingerprint density at radius 1 is 1.47 bits per heavy atom. The van der Waals surface area contributed by atoms with E-state index in [1.807, 2.05) is 0 Å². The first kappa shape index (κ1) is 14.6. The van der Waals surface area contributed by atoms with Crippen molar-refractivity contribution in [1.82, 2.24) is 9.88 Å². The van der Waals surface area contributed by atoms with E-state index in [-0.39, 0.29) is 0 Å². The van der Waals surface area contributed by atoms with E-state index in [1.165, 1.54) is 31.4 Å². The van der Waals surface area contributed by atoms with Crippen LogP contribution in [0, 0.1) is 5.92 Å². The highest BCUT2D eigenvalue weighted by Crippen LogP contribution is 2.17. The molecular formula is C16H28N2O. The third-order valence-corrected chi connectivity index (χ3v) is 3.73. The normalized spacial score (nSPS) is 19.4. The molecule has 1 aliphatic heterocycles. The van der Waals surface area contributed by atoms with Gasteiger partial charge in [0.25, 0.3) is 0 Å². The largest absolute Gasteiger partial charge is 0.378 e. The summed E-state index contributed by atoms with van der Waals surface area (Å²) in [4.78, 5) is 0. The summed E-state index contributed by atoms with van der Waals surface area (Å²) >= 11 is 0. The van der Waals surface area contributed by atoms with Crippen LogP contribution in [-0.4, -0.2) is 23.8 Å². The molecule has 1 atom stereocenters. The second-order valence-corrected chi connectivity index (χ2v) is 5.99. The molecule has 1 N–H and O–H groups in total. The zero-order valence-corrected chi connectivity index (χ0v) is 12.4. The molecule has 3 heteroatoms. The molecule has 2 rings (SSSR count). The Morgan fingerprint density at radius 2 is 2.37 bits per heavy atom. The second kappa shape index (κ2) is 7.71. The first-order valence-corrected chi connectivity index (χ1v) is 7.72. The average Bonchev–Trinajstić information content (AvgIpc) is 3.01. The molecule has 1 fully saturated rings. The van der Waals surface area contributed by atoms with Crippen LogP contribution in [-0.2, 0) is 17.8 Å². The van der Waals surface area contributed by atoms with Crippen LogP contribution in [0.15, 0.2) is 18.3 Å². The van der Waals surface area contributed by atoms with Crippen LogP contribution in [0.2, 0.25) is 0 Å². The quantitative estimate of drug-likeness (QED) is 0.780. The lowest BCUT2D eigenvalue weighted by Gasteiger charge is -2.13. The van der Waals surface area contributed by atoms with E-state index >= 15 is 0 Å². The van der Waals surface area contributed by atoms with Crippen LogP contribution in [0.25, 0.3) is 0 Å². The summed E-state index contributed by atoms with van der Waals surface area (Å²) < 4.78 is 8.05. The van der Waals surface area contributed by atoms with E-state index in [0.29, 0.717) is 12.0 Å². The van der Waals surface area contributed by atoms with Crippen molar-refractivity contribution in [2.75, 3.05) is 13.2 Å². The lowest BCUT2D eigenvalue weighted by molar-refractivity contribution is 0.101. The molecule has 3 nitrogen and oxygen atoms in total. The van der Waals surface area contributed by atoms with Crippen molar-refractivity contribution in [3.8, 4) is 0 Å². The topological polar surface area (TPSA) is 26.2 Å². The fourth-order valence-electron chi connectivity index (χ4n) is 2.68. The Bertz CT molecular complexity index is 353. The minimum atomic E-state index is 0.526. The van der Waals surface area contributed by atoms with Gasteiger partial charge in [0, 0.05) is 31.6 Å². The van der Waals surface area contributed by atoms with Crippen LogP contribution in [0.1, 0.15) is 45.2 Å². The van der Waals surface area contributed by atoms with Crippen LogP contribution in [0.5, 0.6) is 0 Å². The molecule has 0 spiro atoms. The first-order valence-electron chi connectivity index (χ1n) is 7.72. The Morgan fingerprint density at radius 3 is 3.11 bits per heavy atom. The minimum Gasteiger partial charge on any atom is -0.378 e. The molecule has 0 amide bonds. The third kappa shape index (κ3) is 5.00. The van der Waals surface area contributed by atoms with Crippen molar-refractivity contribution in [3.05, 3.63) is 24.0 Å². The molecule has 19 heavy (non-hydrogen) atoms. The first-order chi connectivity index (χ1) is 9.25. The van der Waals surface area contributed by atoms with Gasteiger partial charge in [0.05, 0.1) is 6.10 Å². The molecule has 1 aromatic heterocycles. The van der Waals surface area contributed by atoms with Gasteiger partial charge >= 0.3 is 0 Å². The smallest absolute Gasteiger partial charge is 0.0576 e. The highest BCUT2D eigenvalue weighted by atomic mass is 16.5. The number of hydrogen-bond donors (Lipinski definition) is 1. The summed E-state index contributed by atoms with van der Waals surface area (Å²) in [5, 5.41) is 3.51. The Labute approximate surface area is 117 Å². The Kier molecular flexibility index (Phi) is 5.93. The Hall–Kier alpha value is -0.800. The maximum absolute atomic E-state index is 5.67. The van der Waals surface area contributed by atoms with Gasteiger partial charge in [0.2, 0.25) is 0 Å². The molecule has 0 aliphatic carbocycles. The number of ether oxygens (including phenoxy) is 1. The highest BCUT2D eigenvalue weighted by Gasteiger charge is 2.14. The lowest BCUT2D eigenvalue weighted by atomic mass is 10.1. The van der Waals surface area contributed by atoms with Gasteiger partial charge in [-0.2, -0.15) is 0 Å². The molecule has 1 aliphatic rings. The standard InChI is InChI=1S/C16H28N2O/c1-14(2)12-17-13-15-6-3-9-18(15)10-4-7-16-8-5-11-19-16/h3,6,9,14,16-17H,4-5,7-8,10-13H2,1-2H3. The molecule has 1 aromatic rings. The maximum atomic E-state index is 5.67. The number of rotatable bonds is 8. The average molecular weight is 264 g/mol. The summed E-state index contributed by atoms with van der Waals surface area (Å²) in [6.45, 7) is 8.64. The maximum Gasteiger partial charge on any atom is 0.0576 e. The SMILES string of the molecule is CC(C)CNCc1cccn1CCCC1CCCO1. The van der Waals surface area contributed by atoms with Crippen molar-refractivity contribution >= 4 is 0 Å². The zero-order valence-electron chi connectivity index (χ0n) is 12.4. The molecule has 0 aromatic carbocycles. The Balaban J connectivity index is 1.69.